The number of nitrogens with zero attached hydrogens (tertiary/aromatic N) is 9. The van der Waals surface area contributed by atoms with Crippen molar-refractivity contribution in [1.82, 2.24) is 0 Å². The predicted octanol–water partition coefficient (Wildman–Crippen LogP) is 30.6. The van der Waals surface area contributed by atoms with Crippen LogP contribution in [0.2, 0.25) is 0 Å². The van der Waals surface area contributed by atoms with E-state index in [1.807, 2.05) is 0 Å². The van der Waals surface area contributed by atoms with Gasteiger partial charge in [0.25, 0.3) is 20.1 Å². The lowest BCUT2D eigenvalue weighted by atomic mass is 9.33. The number of aryl methyl sites for hydroxylation is 5. The van der Waals surface area contributed by atoms with Gasteiger partial charge in [0, 0.05) is 154 Å². The second kappa shape index (κ2) is 37.7. The van der Waals surface area contributed by atoms with Crippen molar-refractivity contribution in [1.29, 1.82) is 0 Å². The van der Waals surface area contributed by atoms with Gasteiger partial charge in [0.2, 0.25) is 0 Å². The molecule has 0 spiro atoms. The van der Waals surface area contributed by atoms with Crippen LogP contribution in [0.25, 0.3) is 0 Å². The van der Waals surface area contributed by atoms with Crippen molar-refractivity contribution in [3.05, 3.63) is 543 Å². The molecule has 0 radical (unpaired) electrons. The zero-order chi connectivity index (χ0) is 99.1. The van der Waals surface area contributed by atoms with Crippen LogP contribution in [0, 0.1) is 34.6 Å². The highest BCUT2D eigenvalue weighted by molar-refractivity contribution is 7.02. The first-order valence-electron chi connectivity index (χ1n) is 51.2. The van der Waals surface area contributed by atoms with Crippen LogP contribution in [0.1, 0.15) is 54.2 Å². The lowest BCUT2D eigenvalue weighted by Gasteiger charge is -2.44. The molecule has 0 aliphatic carbocycles. The molecule has 9 nitrogen and oxygen atoms in total. The van der Waals surface area contributed by atoms with Crippen LogP contribution in [-0.4, -0.2) is 20.1 Å². The number of rotatable bonds is 15. The Labute approximate surface area is 864 Å². The SMILES string of the molecule is CC(C)(C)c1ccc(N2c3cc(N(c4ccccc4)c4ccccc4)ccc3B3c4ccccc4N(c4ccccc4)c4cccc2c43)cc1.Cc1ccc(N(c2ccc(C)cc2)c2ccc3c(c2)N(c2ccc(C)cc2)c2cccc4c2B3c2ccccc2N4c2ccccc2)cc1.Cc1ccc(N(c2ccccc2)c2ccc3c(c2)N(c2ccc(C)cc2)c2cccc4c2B3c2ccccc2N4c2ccccc2)cc1. The molecule has 0 aromatic heterocycles. The van der Waals surface area contributed by atoms with E-state index in [9.17, 15) is 0 Å². The number of hydrogen-bond donors (Lipinski definition) is 0. The number of anilines is 27. The molecule has 0 unspecified atom stereocenters. The first kappa shape index (κ1) is 90.3. The van der Waals surface area contributed by atoms with E-state index >= 15 is 0 Å². The maximum Gasteiger partial charge on any atom is 0.252 e. The van der Waals surface area contributed by atoms with Gasteiger partial charge in [0.1, 0.15) is 0 Å². The Morgan fingerprint density at radius 3 is 0.592 bits per heavy atom. The number of benzene rings is 21. The van der Waals surface area contributed by atoms with E-state index in [-0.39, 0.29) is 25.6 Å². The quantitative estimate of drug-likeness (QED) is 0.0931. The fraction of sp³-hybridized carbons (Fsp3) is 0.0667. The van der Waals surface area contributed by atoms with E-state index in [2.05, 4.69) is 609 Å². The molecule has 21 aromatic carbocycles. The minimum atomic E-state index is 0.0638. The zero-order valence-corrected chi connectivity index (χ0v) is 83.8. The van der Waals surface area contributed by atoms with E-state index in [0.29, 0.717) is 0 Å². The van der Waals surface area contributed by atoms with E-state index in [4.69, 9.17) is 0 Å². The Morgan fingerprint density at radius 2 is 0.340 bits per heavy atom. The fourth-order valence-electron chi connectivity index (χ4n) is 23.1. The molecule has 0 saturated heterocycles. The van der Waals surface area contributed by atoms with E-state index < -0.39 is 0 Å². The van der Waals surface area contributed by atoms with Crippen molar-refractivity contribution in [2.45, 2.75) is 60.8 Å². The molecule has 27 rings (SSSR count). The standard InChI is InChI=1S/C46H38BN3.C45H36BN3.C44H34BN3/c1-46(2,3)33-26-28-37(29-27-33)50-43-25-15-24-42-45(43)47(39-22-13-14-23-41(39)49(42)36-20-11-6-12-21-36)40-31-30-38(32-44(40)50)48(34-16-7-4-8-17-34)35-18-9-5-10-19-35;1-31-16-22-35(23-17-31)47(36-24-18-32(2)19-25-36)38-28-29-40-44(30-38)49(37-26-20-33(3)21-27-37)43-15-9-14-42-45(43)46(40)39-12-7-8-13-41(39)48(42)34-10-5-4-6-11-34;1-31-20-24-35(25-21-31)46(33-12-5-3-6-13-33)37-28-29-39-43(30-37)48(36-26-22-32(2)23-27-36)42-19-11-18-41-44(42)45(39)38-16-9-10-17-40(38)47(41)34-14-7-4-8-15-34/h4-32H,1-3H3;4-30H,1-3H3;3-30H,1-2H3. The topological polar surface area (TPSA) is 29.2 Å². The van der Waals surface area contributed by atoms with Gasteiger partial charge in [-0.2, -0.15) is 0 Å². The maximum atomic E-state index is 2.49. The molecule has 6 aliphatic rings. The van der Waals surface area contributed by atoms with Crippen molar-refractivity contribution >= 4 is 223 Å². The summed E-state index contributed by atoms with van der Waals surface area (Å²) in [6.07, 6.45) is 0. The second-order valence-electron chi connectivity index (χ2n) is 40.3. The summed E-state index contributed by atoms with van der Waals surface area (Å²) < 4.78 is 0. The minimum Gasteiger partial charge on any atom is -0.311 e. The molecule has 21 aromatic rings. The molecule has 0 bridgehead atoms. The summed E-state index contributed by atoms with van der Waals surface area (Å²) >= 11 is 0. The lowest BCUT2D eigenvalue weighted by Crippen LogP contribution is -2.61. The van der Waals surface area contributed by atoms with Crippen molar-refractivity contribution in [3.8, 4) is 0 Å². The molecule has 0 N–H and O–H groups in total. The smallest absolute Gasteiger partial charge is 0.252 e. The number of fused-ring (bicyclic) bond motifs is 12. The molecule has 0 fully saturated rings. The normalized spacial score (nSPS) is 12.8. The van der Waals surface area contributed by atoms with Crippen molar-refractivity contribution < 1.29 is 0 Å². The lowest BCUT2D eigenvalue weighted by molar-refractivity contribution is 0.590. The highest BCUT2D eigenvalue weighted by atomic mass is 15.2. The van der Waals surface area contributed by atoms with Gasteiger partial charge in [0.15, 0.2) is 0 Å². The fourth-order valence-corrected chi connectivity index (χ4v) is 23.1. The molecule has 702 valence electrons. The van der Waals surface area contributed by atoms with Gasteiger partial charge >= 0.3 is 0 Å². The van der Waals surface area contributed by atoms with Gasteiger partial charge < -0.3 is 44.1 Å². The molecular weight excluding hydrogens is 1780 g/mol. The van der Waals surface area contributed by atoms with Crippen LogP contribution in [-0.2, 0) is 5.41 Å². The van der Waals surface area contributed by atoms with Crippen LogP contribution < -0.4 is 93.3 Å². The van der Waals surface area contributed by atoms with Crippen molar-refractivity contribution in [3.63, 3.8) is 0 Å². The van der Waals surface area contributed by atoms with Gasteiger partial charge in [-0.15, -0.1) is 0 Å². The van der Waals surface area contributed by atoms with Crippen LogP contribution in [0.5, 0.6) is 0 Å². The molecule has 12 heteroatoms. The first-order valence-corrected chi connectivity index (χ1v) is 51.2. The highest BCUT2D eigenvalue weighted by Gasteiger charge is 2.48. The Balaban J connectivity index is 0.000000115. The average Bonchev–Trinajstić information content (AvgIpc) is 0.705. The first-order chi connectivity index (χ1) is 72.2. The van der Waals surface area contributed by atoms with E-state index in [1.54, 1.807) is 0 Å². The summed E-state index contributed by atoms with van der Waals surface area (Å²) in [5.74, 6) is 0. The predicted molar refractivity (Wildman–Crippen MR) is 628 cm³/mol. The Hall–Kier alpha value is -18.0. The summed E-state index contributed by atoms with van der Waals surface area (Å²) in [6.45, 7) is 17.8. The molecule has 147 heavy (non-hydrogen) atoms. The van der Waals surface area contributed by atoms with Crippen LogP contribution in [0.4, 0.5) is 154 Å². The Morgan fingerprint density at radius 1 is 0.156 bits per heavy atom. The second-order valence-corrected chi connectivity index (χ2v) is 40.3. The molecule has 0 atom stereocenters. The van der Waals surface area contributed by atoms with Gasteiger partial charge in [-0.3, -0.25) is 0 Å². The van der Waals surface area contributed by atoms with Crippen LogP contribution in [0.15, 0.2) is 510 Å². The third-order valence-electron chi connectivity index (χ3n) is 30.0. The molecule has 6 aliphatic heterocycles. The summed E-state index contributed by atoms with van der Waals surface area (Å²) in [5.41, 5.74) is 51.1. The van der Waals surface area contributed by atoms with Crippen LogP contribution >= 0.6 is 0 Å². The maximum absolute atomic E-state index is 2.49. The summed E-state index contributed by atoms with van der Waals surface area (Å²) in [6, 6.07) is 186. The van der Waals surface area contributed by atoms with Crippen molar-refractivity contribution in [2.75, 3.05) is 44.1 Å². The Bertz CT molecular complexity index is 8390. The van der Waals surface area contributed by atoms with Gasteiger partial charge in [-0.05, 0) is 331 Å². The van der Waals surface area contributed by atoms with Crippen LogP contribution in [0.3, 0.4) is 0 Å². The largest absolute Gasteiger partial charge is 0.311 e. The van der Waals surface area contributed by atoms with Gasteiger partial charge in [0.05, 0.1) is 0 Å². The Kier molecular flexibility index (Phi) is 23.2. The number of hydrogen-bond acceptors (Lipinski definition) is 9. The third-order valence-corrected chi connectivity index (χ3v) is 30.0. The number of para-hydroxylation sites is 9. The molecule has 0 saturated carbocycles. The zero-order valence-electron chi connectivity index (χ0n) is 83.8. The van der Waals surface area contributed by atoms with Gasteiger partial charge in [-0.25, -0.2) is 0 Å². The molecule has 0 amide bonds. The van der Waals surface area contributed by atoms with E-state index in [0.717, 1.165) is 85.3 Å². The monoisotopic (exact) mass is 1890 g/mol. The average molecular weight is 1890 g/mol. The highest BCUT2D eigenvalue weighted by Crippen LogP contribution is 2.52. The molecule has 6 heterocycles. The van der Waals surface area contributed by atoms with Crippen molar-refractivity contribution in [2.24, 2.45) is 0 Å². The molecular formula is C135H108B3N9. The van der Waals surface area contributed by atoms with E-state index in [1.165, 1.54) is 151 Å². The minimum absolute atomic E-state index is 0.0638. The summed E-state index contributed by atoms with van der Waals surface area (Å²) in [7, 11) is 0. The summed E-state index contributed by atoms with van der Waals surface area (Å²) in [4.78, 5) is 21.9. The third kappa shape index (κ3) is 16.2. The summed E-state index contributed by atoms with van der Waals surface area (Å²) in [5, 5.41) is 0. The van der Waals surface area contributed by atoms with Gasteiger partial charge in [-0.1, -0.05) is 322 Å².